The number of anilines is 1. The van der Waals surface area contributed by atoms with Gasteiger partial charge < -0.3 is 24.6 Å². The van der Waals surface area contributed by atoms with Crippen LogP contribution in [0, 0.1) is 0 Å². The van der Waals surface area contributed by atoms with Crippen LogP contribution in [0.5, 0.6) is 5.75 Å². The number of rotatable bonds is 9. The van der Waals surface area contributed by atoms with Gasteiger partial charge in [-0.05, 0) is 38.0 Å². The zero-order valence-electron chi connectivity index (χ0n) is 17.1. The molecule has 2 unspecified atom stereocenters. The Morgan fingerprint density at radius 3 is 2.54 bits per heavy atom. The van der Waals surface area contributed by atoms with E-state index in [0.717, 1.165) is 16.8 Å². The molecule has 0 saturated heterocycles. The molecule has 156 valence electrons. The summed E-state index contributed by atoms with van der Waals surface area (Å²) < 4.78 is 10.5. The van der Waals surface area contributed by atoms with Crippen LogP contribution < -0.4 is 15.0 Å². The summed E-state index contributed by atoms with van der Waals surface area (Å²) in [6.45, 7) is 3.30. The average molecular weight is 413 g/mol. The Balaban J connectivity index is 2.96. The zero-order valence-corrected chi connectivity index (χ0v) is 17.9. The molecule has 1 aromatic carbocycles. The van der Waals surface area contributed by atoms with Gasteiger partial charge in [0.25, 0.3) is 0 Å². The minimum Gasteiger partial charge on any atom is -0.495 e. The molecule has 0 aliphatic rings. The molecule has 28 heavy (non-hydrogen) atoms. The lowest BCUT2D eigenvalue weighted by atomic mass is 10.0. The van der Waals surface area contributed by atoms with Gasteiger partial charge in [0, 0.05) is 21.2 Å². The predicted molar refractivity (Wildman–Crippen MR) is 112 cm³/mol. The van der Waals surface area contributed by atoms with Crippen LogP contribution in [0.15, 0.2) is 35.9 Å². The molecule has 0 aliphatic heterocycles. The van der Waals surface area contributed by atoms with Gasteiger partial charge >= 0.3 is 6.09 Å². The van der Waals surface area contributed by atoms with Crippen molar-refractivity contribution in [2.75, 3.05) is 33.2 Å². The van der Waals surface area contributed by atoms with Crippen molar-refractivity contribution in [2.45, 2.75) is 32.1 Å². The monoisotopic (exact) mass is 412 g/mol. The Bertz CT molecular complexity index is 744. The van der Waals surface area contributed by atoms with Crippen LogP contribution in [0.1, 0.15) is 19.4 Å². The number of benzene rings is 1. The SMILES string of the molecule is COc1cc(C/C(C)=C/C=C/C(OC)C(C)(O)NC(=O)O)cc(N(C)C)c1Cl. The first kappa shape index (κ1) is 23.8. The number of nitrogens with zero attached hydrogens (tertiary/aromatic N) is 1. The van der Waals surface area contributed by atoms with E-state index >= 15 is 0 Å². The van der Waals surface area contributed by atoms with Crippen molar-refractivity contribution in [3.63, 3.8) is 0 Å². The number of halogens is 1. The number of carbonyl (C=O) groups is 1. The summed E-state index contributed by atoms with van der Waals surface area (Å²) in [6.07, 6.45) is 3.68. The van der Waals surface area contributed by atoms with Gasteiger partial charge in [0.1, 0.15) is 16.9 Å². The Hall–Kier alpha value is -2.22. The standard InChI is InChI=1S/C20H29ClN2O5/c1-13(8-7-9-17(28-6)20(2,26)22-19(24)25)10-14-11-15(23(3)4)18(21)16(12-14)27-5/h7-9,11-12,17,22,26H,10H2,1-6H3,(H,24,25)/b9-7+,13-8+. The molecule has 1 rings (SSSR count). The van der Waals surface area contributed by atoms with E-state index in [-0.39, 0.29) is 0 Å². The first-order valence-electron chi connectivity index (χ1n) is 8.65. The first-order chi connectivity index (χ1) is 13.0. The highest BCUT2D eigenvalue weighted by molar-refractivity contribution is 6.34. The van der Waals surface area contributed by atoms with Crippen LogP contribution in [-0.4, -0.2) is 56.5 Å². The summed E-state index contributed by atoms with van der Waals surface area (Å²) in [5.74, 6) is 0.612. The van der Waals surface area contributed by atoms with Crippen LogP contribution in [0.25, 0.3) is 0 Å². The Morgan fingerprint density at radius 1 is 1.39 bits per heavy atom. The largest absolute Gasteiger partial charge is 0.495 e. The third-order valence-corrected chi connectivity index (χ3v) is 4.48. The fraction of sp³-hybridized carbons (Fsp3) is 0.450. The van der Waals surface area contributed by atoms with Gasteiger partial charge in [0.05, 0.1) is 12.8 Å². The number of ether oxygens (including phenoxy) is 2. The lowest BCUT2D eigenvalue weighted by Crippen LogP contribution is -2.54. The summed E-state index contributed by atoms with van der Waals surface area (Å²) in [6, 6.07) is 3.90. The highest BCUT2D eigenvalue weighted by atomic mass is 35.5. The second-order valence-corrected chi connectivity index (χ2v) is 7.21. The topological polar surface area (TPSA) is 91.3 Å². The molecule has 0 spiro atoms. The fourth-order valence-electron chi connectivity index (χ4n) is 2.70. The summed E-state index contributed by atoms with van der Waals surface area (Å²) >= 11 is 6.35. The summed E-state index contributed by atoms with van der Waals surface area (Å²) in [4.78, 5) is 12.7. The molecule has 1 amide bonds. The lowest BCUT2D eigenvalue weighted by molar-refractivity contribution is -0.0748. The van der Waals surface area contributed by atoms with Crippen molar-refractivity contribution in [3.05, 3.63) is 46.5 Å². The van der Waals surface area contributed by atoms with Crippen LogP contribution in [0.4, 0.5) is 10.5 Å². The van der Waals surface area contributed by atoms with E-state index in [1.54, 1.807) is 19.3 Å². The second kappa shape index (κ2) is 10.4. The molecule has 3 N–H and O–H groups in total. The number of hydrogen-bond acceptors (Lipinski definition) is 5. The molecule has 0 aliphatic carbocycles. The van der Waals surface area contributed by atoms with Gasteiger partial charge in [0.15, 0.2) is 5.72 Å². The highest BCUT2D eigenvalue weighted by Gasteiger charge is 2.31. The van der Waals surface area contributed by atoms with Crippen LogP contribution in [0.2, 0.25) is 5.02 Å². The Labute approximate surface area is 171 Å². The van der Waals surface area contributed by atoms with E-state index in [1.165, 1.54) is 14.0 Å². The number of amides is 1. The van der Waals surface area contributed by atoms with Gasteiger partial charge in [-0.15, -0.1) is 0 Å². The van der Waals surface area contributed by atoms with Crippen LogP contribution in [0.3, 0.4) is 0 Å². The Morgan fingerprint density at radius 2 is 2.04 bits per heavy atom. The first-order valence-corrected chi connectivity index (χ1v) is 9.03. The molecular formula is C20H29ClN2O5. The van der Waals surface area contributed by atoms with Crippen LogP contribution >= 0.6 is 11.6 Å². The third kappa shape index (κ3) is 6.74. The molecule has 2 atom stereocenters. The van der Waals surface area contributed by atoms with Gasteiger partial charge in [-0.2, -0.15) is 0 Å². The second-order valence-electron chi connectivity index (χ2n) is 6.83. The van der Waals surface area contributed by atoms with E-state index < -0.39 is 17.9 Å². The van der Waals surface area contributed by atoms with Gasteiger partial charge in [-0.25, -0.2) is 4.79 Å². The minimum absolute atomic E-state index is 0.564. The molecule has 8 heteroatoms. The number of carboxylic acid groups (broad SMARTS) is 1. The summed E-state index contributed by atoms with van der Waals surface area (Å²) in [5, 5.41) is 21.6. The number of allylic oxidation sites excluding steroid dienone is 3. The van der Waals surface area contributed by atoms with E-state index in [0.29, 0.717) is 17.2 Å². The van der Waals surface area contributed by atoms with E-state index in [2.05, 4.69) is 0 Å². The van der Waals surface area contributed by atoms with Gasteiger partial charge in [0.2, 0.25) is 0 Å². The maximum absolute atomic E-state index is 10.8. The van der Waals surface area contributed by atoms with Crippen molar-refractivity contribution < 1.29 is 24.5 Å². The molecule has 7 nitrogen and oxygen atoms in total. The molecular weight excluding hydrogens is 384 g/mol. The van der Waals surface area contributed by atoms with E-state index in [1.807, 2.05) is 49.4 Å². The molecule has 0 fully saturated rings. The number of hydrogen-bond donors (Lipinski definition) is 3. The molecule has 0 aromatic heterocycles. The third-order valence-electron chi connectivity index (χ3n) is 4.10. The fourth-order valence-corrected chi connectivity index (χ4v) is 3.05. The normalized spacial score (nSPS) is 15.2. The van der Waals surface area contributed by atoms with Crippen molar-refractivity contribution in [3.8, 4) is 5.75 Å². The molecule has 1 aromatic rings. The van der Waals surface area contributed by atoms with Gasteiger partial charge in [-0.3, -0.25) is 5.32 Å². The van der Waals surface area contributed by atoms with Crippen molar-refractivity contribution >= 4 is 23.4 Å². The number of aliphatic hydroxyl groups is 1. The van der Waals surface area contributed by atoms with Crippen molar-refractivity contribution in [1.82, 2.24) is 5.32 Å². The molecule has 0 heterocycles. The lowest BCUT2D eigenvalue weighted by Gasteiger charge is -2.29. The summed E-state index contributed by atoms with van der Waals surface area (Å²) in [5.41, 5.74) is 1.21. The molecule has 0 radical (unpaired) electrons. The maximum Gasteiger partial charge on any atom is 0.406 e. The quantitative estimate of drug-likeness (QED) is 0.425. The minimum atomic E-state index is -1.75. The highest BCUT2D eigenvalue weighted by Crippen LogP contribution is 2.35. The smallest absolute Gasteiger partial charge is 0.406 e. The van der Waals surface area contributed by atoms with Crippen molar-refractivity contribution in [2.24, 2.45) is 0 Å². The average Bonchev–Trinajstić information content (AvgIpc) is 2.58. The number of methoxy groups -OCH3 is 2. The van der Waals surface area contributed by atoms with E-state index in [4.69, 9.17) is 26.2 Å². The van der Waals surface area contributed by atoms with Crippen molar-refractivity contribution in [1.29, 1.82) is 0 Å². The maximum atomic E-state index is 10.8. The van der Waals surface area contributed by atoms with Crippen LogP contribution in [-0.2, 0) is 11.2 Å². The Kier molecular flexibility index (Phi) is 8.81. The zero-order chi connectivity index (χ0) is 21.5. The molecule has 0 saturated carbocycles. The van der Waals surface area contributed by atoms with E-state index in [9.17, 15) is 9.90 Å². The summed E-state index contributed by atoms with van der Waals surface area (Å²) in [7, 11) is 6.81. The van der Waals surface area contributed by atoms with Gasteiger partial charge in [-0.1, -0.05) is 35.4 Å². The number of nitrogens with one attached hydrogen (secondary N) is 1. The molecule has 0 bridgehead atoms. The predicted octanol–water partition coefficient (Wildman–Crippen LogP) is 3.45.